The molecule has 1 spiro atoms. The largest absolute Gasteiger partial charge is 0.393 e. The highest BCUT2D eigenvalue weighted by Gasteiger charge is 2.70. The lowest BCUT2D eigenvalue weighted by atomic mass is 9.43. The summed E-state index contributed by atoms with van der Waals surface area (Å²) in [6, 6.07) is 0. The summed E-state index contributed by atoms with van der Waals surface area (Å²) in [5.41, 5.74) is 0.342. The Kier molecular flexibility index (Phi) is 4.78. The summed E-state index contributed by atoms with van der Waals surface area (Å²) in [6.07, 6.45) is 9.63. The van der Waals surface area contributed by atoms with Gasteiger partial charge in [-0.2, -0.15) is 0 Å². The zero-order chi connectivity index (χ0) is 21.8. The van der Waals surface area contributed by atoms with E-state index in [-0.39, 0.29) is 28.8 Å². The minimum atomic E-state index is -0.374. The quantitative estimate of drug-likeness (QED) is 0.579. The van der Waals surface area contributed by atoms with E-state index in [0.717, 1.165) is 45.1 Å². The molecule has 6 rings (SSSR count). The Morgan fingerprint density at radius 1 is 0.871 bits per heavy atom. The highest BCUT2D eigenvalue weighted by Crippen LogP contribution is 2.71. The average Bonchev–Trinajstić information content (AvgIpc) is 3.15. The molecule has 13 atom stereocenters. The third kappa shape index (κ3) is 2.80. The van der Waals surface area contributed by atoms with Crippen molar-refractivity contribution in [3.63, 3.8) is 0 Å². The van der Waals surface area contributed by atoms with Crippen molar-refractivity contribution in [2.24, 2.45) is 52.3 Å². The Morgan fingerprint density at radius 3 is 2.42 bits per heavy atom. The van der Waals surface area contributed by atoms with E-state index in [1.54, 1.807) is 0 Å². The molecule has 0 bridgehead atoms. The van der Waals surface area contributed by atoms with Gasteiger partial charge in [-0.05, 0) is 97.7 Å². The maximum absolute atomic E-state index is 11.7. The van der Waals surface area contributed by atoms with Crippen LogP contribution in [0.5, 0.6) is 0 Å². The molecule has 2 heterocycles. The average molecular weight is 433 g/mol. The number of ether oxygens (including phenoxy) is 2. The van der Waals surface area contributed by atoms with Crippen LogP contribution >= 0.6 is 0 Å². The summed E-state index contributed by atoms with van der Waals surface area (Å²) >= 11 is 0. The monoisotopic (exact) mass is 432 g/mol. The Bertz CT molecular complexity index is 716. The van der Waals surface area contributed by atoms with Crippen LogP contribution in [0.1, 0.15) is 85.5 Å². The highest BCUT2D eigenvalue weighted by atomic mass is 16.7. The highest BCUT2D eigenvalue weighted by molar-refractivity contribution is 5.17. The van der Waals surface area contributed by atoms with Gasteiger partial charge >= 0.3 is 0 Å². The fourth-order valence-corrected chi connectivity index (χ4v) is 10.4. The van der Waals surface area contributed by atoms with Crippen molar-refractivity contribution >= 4 is 0 Å². The second kappa shape index (κ2) is 6.93. The van der Waals surface area contributed by atoms with Crippen LogP contribution in [0.25, 0.3) is 0 Å². The maximum atomic E-state index is 11.7. The number of aliphatic hydroxyl groups excluding tert-OH is 2. The second-order valence-corrected chi connectivity index (χ2v) is 13.3. The molecule has 0 aromatic heterocycles. The molecule has 2 aliphatic heterocycles. The van der Waals surface area contributed by atoms with Gasteiger partial charge in [0.15, 0.2) is 5.79 Å². The van der Waals surface area contributed by atoms with Gasteiger partial charge in [0.2, 0.25) is 0 Å². The molecular weight excluding hydrogens is 388 g/mol. The van der Waals surface area contributed by atoms with Gasteiger partial charge in [-0.3, -0.25) is 0 Å². The second-order valence-electron chi connectivity index (χ2n) is 13.3. The molecule has 31 heavy (non-hydrogen) atoms. The third-order valence-corrected chi connectivity index (χ3v) is 11.8. The van der Waals surface area contributed by atoms with Crippen molar-refractivity contribution < 1.29 is 19.7 Å². The predicted molar refractivity (Wildman–Crippen MR) is 119 cm³/mol. The van der Waals surface area contributed by atoms with Gasteiger partial charge in [-0.1, -0.05) is 27.7 Å². The van der Waals surface area contributed by atoms with E-state index >= 15 is 0 Å². The first-order valence-electron chi connectivity index (χ1n) is 13.4. The van der Waals surface area contributed by atoms with Crippen LogP contribution < -0.4 is 0 Å². The Labute approximate surface area is 188 Å². The molecule has 6 aliphatic rings. The lowest BCUT2D eigenvalue weighted by molar-refractivity contribution is -0.274. The molecule has 4 nitrogen and oxygen atoms in total. The van der Waals surface area contributed by atoms with E-state index in [0.29, 0.717) is 47.5 Å². The van der Waals surface area contributed by atoms with Crippen molar-refractivity contribution in [3.8, 4) is 0 Å². The summed E-state index contributed by atoms with van der Waals surface area (Å²) in [4.78, 5) is 0. The molecule has 0 unspecified atom stereocenters. The van der Waals surface area contributed by atoms with Crippen LogP contribution in [0.15, 0.2) is 0 Å². The number of aliphatic hydroxyl groups is 2. The summed E-state index contributed by atoms with van der Waals surface area (Å²) < 4.78 is 13.3. The first kappa shape index (κ1) is 21.4. The lowest BCUT2D eigenvalue weighted by Crippen LogP contribution is -2.59. The number of fused-ring (bicyclic) bond motifs is 7. The molecule has 6 fully saturated rings. The van der Waals surface area contributed by atoms with Crippen molar-refractivity contribution in [2.45, 2.75) is 110 Å². The van der Waals surface area contributed by atoms with Crippen LogP contribution in [0, 0.1) is 52.3 Å². The Balaban J connectivity index is 1.29. The van der Waals surface area contributed by atoms with Gasteiger partial charge in [0, 0.05) is 12.3 Å². The summed E-state index contributed by atoms with van der Waals surface area (Å²) in [5, 5.41) is 22.0. The number of hydrogen-bond donors (Lipinski definition) is 2. The van der Waals surface area contributed by atoms with Crippen LogP contribution in [0.2, 0.25) is 0 Å². The van der Waals surface area contributed by atoms with E-state index in [1.165, 1.54) is 19.3 Å². The molecule has 0 aromatic rings. The molecule has 0 radical (unpaired) electrons. The lowest BCUT2D eigenvalue weighted by Gasteiger charge is -2.62. The molecule has 4 heteroatoms. The molecular formula is C27H44O4. The van der Waals surface area contributed by atoms with Gasteiger partial charge in [-0.25, -0.2) is 0 Å². The molecule has 0 amide bonds. The van der Waals surface area contributed by atoms with Crippen molar-refractivity contribution in [1.82, 2.24) is 0 Å². The summed E-state index contributed by atoms with van der Waals surface area (Å²) in [7, 11) is 0. The maximum Gasteiger partial charge on any atom is 0.171 e. The van der Waals surface area contributed by atoms with Crippen molar-refractivity contribution in [2.75, 3.05) is 6.61 Å². The molecule has 176 valence electrons. The van der Waals surface area contributed by atoms with Crippen LogP contribution in [0.3, 0.4) is 0 Å². The van der Waals surface area contributed by atoms with Gasteiger partial charge in [-0.15, -0.1) is 0 Å². The molecule has 2 N–H and O–H groups in total. The van der Waals surface area contributed by atoms with Gasteiger partial charge in [0.25, 0.3) is 0 Å². The SMILES string of the molecule is C[C@H]1CC[C@@]2(OC1)O[C@H]1C[C@H]3[C@@H]4CC[C@@H]5C[C@@H](O)CC[C@]5(C)[C@H]4[C@H](O)C[C@]3(C)[C@H]1[C@@H]2C. The number of rotatable bonds is 0. The molecule has 4 saturated carbocycles. The van der Waals surface area contributed by atoms with Gasteiger partial charge < -0.3 is 19.7 Å². The van der Waals surface area contributed by atoms with E-state index in [4.69, 9.17) is 9.47 Å². The fourth-order valence-electron chi connectivity index (χ4n) is 10.4. The topological polar surface area (TPSA) is 58.9 Å². The smallest absolute Gasteiger partial charge is 0.171 e. The number of hydrogen-bond acceptors (Lipinski definition) is 4. The van der Waals surface area contributed by atoms with Crippen LogP contribution in [-0.4, -0.2) is 40.9 Å². The molecule has 4 aliphatic carbocycles. The zero-order valence-electron chi connectivity index (χ0n) is 20.1. The van der Waals surface area contributed by atoms with Gasteiger partial charge in [0.1, 0.15) is 0 Å². The van der Waals surface area contributed by atoms with Crippen LogP contribution in [-0.2, 0) is 9.47 Å². The summed E-state index contributed by atoms with van der Waals surface area (Å²) in [5.74, 6) is 3.40. The zero-order valence-corrected chi connectivity index (χ0v) is 20.1. The predicted octanol–water partition coefficient (Wildman–Crippen LogP) is 4.76. The minimum Gasteiger partial charge on any atom is -0.393 e. The van der Waals surface area contributed by atoms with Gasteiger partial charge in [0.05, 0.1) is 24.9 Å². The van der Waals surface area contributed by atoms with E-state index < -0.39 is 0 Å². The third-order valence-electron chi connectivity index (χ3n) is 11.8. The standard InChI is InChI=1S/C27H44O4/c1-15-7-10-27(30-14-15)16(2)23-22(31-27)12-20-19-6-5-17-11-18(28)8-9-25(17,3)24(19)21(29)13-26(20,23)4/h15-24,28-29H,5-14H2,1-4H3/t15-,16-,17+,18-,19-,20-,21+,22-,23-,24+,25-,26-,27+/m0/s1. The Hall–Kier alpha value is -0.160. The van der Waals surface area contributed by atoms with E-state index in [9.17, 15) is 10.2 Å². The normalized spacial score (nSPS) is 63.3. The minimum absolute atomic E-state index is 0.130. The van der Waals surface area contributed by atoms with E-state index in [2.05, 4.69) is 27.7 Å². The van der Waals surface area contributed by atoms with Crippen LogP contribution in [0.4, 0.5) is 0 Å². The van der Waals surface area contributed by atoms with Crippen molar-refractivity contribution in [1.29, 1.82) is 0 Å². The Morgan fingerprint density at radius 2 is 1.68 bits per heavy atom. The fraction of sp³-hybridized carbons (Fsp3) is 1.00. The van der Waals surface area contributed by atoms with Crippen molar-refractivity contribution in [3.05, 3.63) is 0 Å². The summed E-state index contributed by atoms with van der Waals surface area (Å²) in [6.45, 7) is 10.4. The molecule has 2 saturated heterocycles. The first-order chi connectivity index (χ1) is 14.7. The molecule has 0 aromatic carbocycles. The van der Waals surface area contributed by atoms with E-state index in [1.807, 2.05) is 0 Å². The first-order valence-corrected chi connectivity index (χ1v) is 13.4.